The number of benzene rings is 3. The molecule has 0 saturated heterocycles. The van der Waals surface area contributed by atoms with Crippen molar-refractivity contribution < 1.29 is 22.1 Å². The molecule has 0 bridgehead atoms. The van der Waals surface area contributed by atoms with Crippen molar-refractivity contribution in [2.45, 2.75) is 11.8 Å². The van der Waals surface area contributed by atoms with Crippen molar-refractivity contribution in [3.8, 4) is 11.5 Å². The second-order valence-electron chi connectivity index (χ2n) is 6.32. The number of nitrogens with one attached hydrogen (secondary N) is 1. The van der Waals surface area contributed by atoms with E-state index < -0.39 is 16.0 Å². The Morgan fingerprint density at radius 1 is 1.06 bits per heavy atom. The largest absolute Gasteiger partial charge is 0.490 e. The van der Waals surface area contributed by atoms with Gasteiger partial charge in [-0.25, -0.2) is 5.43 Å². The number of carbonyl (C=O) groups is 1. The average molecular weight is 493 g/mol. The molecule has 10 heteroatoms. The van der Waals surface area contributed by atoms with Gasteiger partial charge in [0.05, 0.1) is 17.8 Å². The van der Waals surface area contributed by atoms with Gasteiger partial charge in [0.1, 0.15) is 4.90 Å². The molecule has 1 amide bonds. The minimum Gasteiger partial charge on any atom is -0.490 e. The highest BCUT2D eigenvalue weighted by Crippen LogP contribution is 2.38. The van der Waals surface area contributed by atoms with Crippen molar-refractivity contribution in [3.05, 3.63) is 87.9 Å². The number of nitrogens with zero attached hydrogens (tertiary/aromatic N) is 1. The zero-order chi connectivity index (χ0) is 23.1. The van der Waals surface area contributed by atoms with E-state index in [1.807, 2.05) is 0 Å². The summed E-state index contributed by atoms with van der Waals surface area (Å²) in [6.07, 6.45) is 1.34. The number of hydrazone groups is 1. The fraction of sp³-hybridized carbons (Fsp3) is 0.0909. The number of amides is 1. The molecule has 166 valence electrons. The lowest BCUT2D eigenvalue weighted by atomic mass is 10.2. The van der Waals surface area contributed by atoms with Crippen molar-refractivity contribution in [3.63, 3.8) is 0 Å². The third-order valence-electron chi connectivity index (χ3n) is 4.02. The Bertz CT molecular complexity index is 1250. The molecule has 0 radical (unpaired) electrons. The highest BCUT2D eigenvalue weighted by Gasteiger charge is 2.22. The maximum absolute atomic E-state index is 12.6. The van der Waals surface area contributed by atoms with E-state index in [9.17, 15) is 13.2 Å². The van der Waals surface area contributed by atoms with Crippen molar-refractivity contribution in [1.82, 2.24) is 5.43 Å². The molecule has 3 aromatic rings. The summed E-state index contributed by atoms with van der Waals surface area (Å²) in [6, 6.07) is 17.0. The van der Waals surface area contributed by atoms with E-state index >= 15 is 0 Å². The van der Waals surface area contributed by atoms with Gasteiger partial charge in [-0.1, -0.05) is 47.5 Å². The molecular weight excluding hydrogens is 475 g/mol. The van der Waals surface area contributed by atoms with Crippen molar-refractivity contribution in [2.75, 3.05) is 6.61 Å². The van der Waals surface area contributed by atoms with Crippen molar-refractivity contribution in [1.29, 1.82) is 0 Å². The van der Waals surface area contributed by atoms with Gasteiger partial charge in [-0.15, -0.1) is 0 Å². The summed E-state index contributed by atoms with van der Waals surface area (Å²) in [5.41, 5.74) is 3.18. The average Bonchev–Trinajstić information content (AvgIpc) is 2.77. The van der Waals surface area contributed by atoms with Crippen LogP contribution in [0.2, 0.25) is 10.0 Å². The lowest BCUT2D eigenvalue weighted by Gasteiger charge is -2.14. The van der Waals surface area contributed by atoms with Crippen LogP contribution in [0.5, 0.6) is 11.5 Å². The van der Waals surface area contributed by atoms with Crippen molar-refractivity contribution in [2.24, 2.45) is 5.10 Å². The Kier molecular flexibility index (Phi) is 7.74. The van der Waals surface area contributed by atoms with E-state index in [2.05, 4.69) is 10.5 Å². The molecule has 0 saturated carbocycles. The number of carbonyl (C=O) groups excluding carboxylic acids is 1. The molecule has 0 aliphatic heterocycles. The van der Waals surface area contributed by atoms with Gasteiger partial charge in [0, 0.05) is 10.6 Å². The Hall–Kier alpha value is -3.07. The van der Waals surface area contributed by atoms with E-state index in [4.69, 9.17) is 32.1 Å². The molecule has 32 heavy (non-hydrogen) atoms. The Labute approximate surface area is 195 Å². The second-order valence-corrected chi connectivity index (χ2v) is 8.71. The van der Waals surface area contributed by atoms with Gasteiger partial charge in [-0.2, -0.15) is 13.5 Å². The summed E-state index contributed by atoms with van der Waals surface area (Å²) in [6.45, 7) is 1.97. The fourth-order valence-corrected chi connectivity index (χ4v) is 4.08. The summed E-state index contributed by atoms with van der Waals surface area (Å²) in [5, 5.41) is 4.33. The van der Waals surface area contributed by atoms with Crippen LogP contribution in [0, 0.1) is 0 Å². The minimum absolute atomic E-state index is 0.00178. The maximum atomic E-state index is 12.6. The molecule has 0 aliphatic carbocycles. The smallest absolute Gasteiger partial charge is 0.339 e. The van der Waals surface area contributed by atoms with Gasteiger partial charge in [0.2, 0.25) is 5.75 Å². The van der Waals surface area contributed by atoms with E-state index in [-0.39, 0.29) is 28.0 Å². The Morgan fingerprint density at radius 2 is 1.81 bits per heavy atom. The van der Waals surface area contributed by atoms with Crippen LogP contribution in [-0.2, 0) is 10.1 Å². The van der Waals surface area contributed by atoms with Gasteiger partial charge < -0.3 is 8.92 Å². The first-order valence-corrected chi connectivity index (χ1v) is 11.5. The van der Waals surface area contributed by atoms with Crippen LogP contribution in [0.3, 0.4) is 0 Å². The summed E-state index contributed by atoms with van der Waals surface area (Å²) in [7, 11) is -4.12. The van der Waals surface area contributed by atoms with E-state index in [1.165, 1.54) is 36.5 Å². The fourth-order valence-electron chi connectivity index (χ4n) is 2.61. The van der Waals surface area contributed by atoms with Crippen LogP contribution in [0.4, 0.5) is 0 Å². The third kappa shape index (κ3) is 6.00. The van der Waals surface area contributed by atoms with Crippen LogP contribution in [-0.4, -0.2) is 27.1 Å². The zero-order valence-electron chi connectivity index (χ0n) is 16.8. The molecule has 0 atom stereocenters. The van der Waals surface area contributed by atoms with E-state index in [1.54, 1.807) is 43.3 Å². The lowest BCUT2D eigenvalue weighted by molar-refractivity contribution is 0.0955. The van der Waals surface area contributed by atoms with Crippen LogP contribution < -0.4 is 14.3 Å². The topological polar surface area (TPSA) is 94.1 Å². The van der Waals surface area contributed by atoms with Crippen LogP contribution in [0.15, 0.2) is 76.7 Å². The van der Waals surface area contributed by atoms with Gasteiger partial charge in [-0.05, 0) is 55.0 Å². The van der Waals surface area contributed by atoms with Gasteiger partial charge in [0.15, 0.2) is 5.75 Å². The SMILES string of the molecule is CCOc1cc(/C=N\NC(=O)c2cccc(Cl)c2)cc(Cl)c1OS(=O)(=O)c1ccccc1. The van der Waals surface area contributed by atoms with Crippen LogP contribution >= 0.6 is 23.2 Å². The molecule has 0 spiro atoms. The Balaban J connectivity index is 1.82. The highest BCUT2D eigenvalue weighted by atomic mass is 35.5. The van der Waals surface area contributed by atoms with Gasteiger partial charge in [-0.3, -0.25) is 4.79 Å². The quantitative estimate of drug-likeness (QED) is 0.273. The van der Waals surface area contributed by atoms with Gasteiger partial charge in [0.25, 0.3) is 5.91 Å². The summed E-state index contributed by atoms with van der Waals surface area (Å²) in [5.74, 6) is -0.478. The molecule has 0 fully saturated rings. The predicted octanol–water partition coefficient (Wildman–Crippen LogP) is 4.92. The van der Waals surface area contributed by atoms with Crippen molar-refractivity contribution >= 4 is 45.4 Å². The molecule has 0 heterocycles. The first kappa shape index (κ1) is 23.6. The molecular formula is C22H18Cl2N2O5S. The lowest BCUT2D eigenvalue weighted by Crippen LogP contribution is -2.17. The second kappa shape index (κ2) is 10.5. The molecule has 0 aromatic heterocycles. The molecule has 1 N–H and O–H groups in total. The molecule has 0 aliphatic rings. The Morgan fingerprint density at radius 3 is 2.50 bits per heavy atom. The standard InChI is InChI=1S/C22H18Cl2N2O5S/c1-2-30-20-12-15(14-25-26-22(27)16-7-6-8-17(23)13-16)11-19(24)21(20)31-32(28,29)18-9-4-3-5-10-18/h3-14H,2H2,1H3,(H,26,27)/b25-14-. The maximum Gasteiger partial charge on any atom is 0.339 e. The summed E-state index contributed by atoms with van der Waals surface area (Å²) >= 11 is 12.2. The van der Waals surface area contributed by atoms with Crippen LogP contribution in [0.25, 0.3) is 0 Å². The summed E-state index contributed by atoms with van der Waals surface area (Å²) in [4.78, 5) is 12.1. The first-order valence-electron chi connectivity index (χ1n) is 9.35. The number of ether oxygens (including phenoxy) is 1. The van der Waals surface area contributed by atoms with Crippen LogP contribution in [0.1, 0.15) is 22.8 Å². The minimum atomic E-state index is -4.12. The number of hydrogen-bond donors (Lipinski definition) is 1. The molecule has 3 aromatic carbocycles. The molecule has 3 rings (SSSR count). The number of rotatable bonds is 8. The summed E-state index contributed by atoms with van der Waals surface area (Å²) < 4.78 is 35.9. The molecule has 7 nitrogen and oxygen atoms in total. The van der Waals surface area contributed by atoms with E-state index in [0.717, 1.165) is 0 Å². The van der Waals surface area contributed by atoms with Gasteiger partial charge >= 0.3 is 10.1 Å². The van der Waals surface area contributed by atoms with E-state index in [0.29, 0.717) is 16.1 Å². The third-order valence-corrected chi connectivity index (χ3v) is 5.77. The predicted molar refractivity (Wildman–Crippen MR) is 123 cm³/mol. The molecule has 0 unspecified atom stereocenters. The number of hydrogen-bond acceptors (Lipinski definition) is 6. The normalized spacial score (nSPS) is 11.3. The number of halogens is 2. The zero-order valence-corrected chi connectivity index (χ0v) is 19.1. The monoisotopic (exact) mass is 492 g/mol. The first-order chi connectivity index (χ1) is 15.3. The highest BCUT2D eigenvalue weighted by molar-refractivity contribution is 7.87.